The Morgan fingerprint density at radius 1 is 1.13 bits per heavy atom. The summed E-state index contributed by atoms with van der Waals surface area (Å²) in [6.07, 6.45) is 1.14. The second kappa shape index (κ2) is 9.55. The molecule has 0 radical (unpaired) electrons. The van der Waals surface area contributed by atoms with E-state index in [4.69, 9.17) is 14.6 Å². The van der Waals surface area contributed by atoms with Crippen molar-refractivity contribution in [3.8, 4) is 17.2 Å². The maximum absolute atomic E-state index is 12.1. The Balaban J connectivity index is 2.71. The predicted molar refractivity (Wildman–Crippen MR) is 84.3 cm³/mol. The number of hydrogen-bond acceptors (Lipinski definition) is 5. The maximum atomic E-state index is 12.1. The Hall–Kier alpha value is -2.44. The van der Waals surface area contributed by atoms with Crippen LogP contribution in [0, 0.1) is 0 Å². The van der Waals surface area contributed by atoms with Crippen molar-refractivity contribution in [2.45, 2.75) is 33.1 Å². The molecule has 0 saturated carbocycles. The van der Waals surface area contributed by atoms with E-state index in [1.54, 1.807) is 13.8 Å². The highest BCUT2D eigenvalue weighted by atomic mass is 16.5. The molecule has 7 nitrogen and oxygen atoms in total. The molecule has 0 heterocycles. The Labute approximate surface area is 135 Å². The van der Waals surface area contributed by atoms with Gasteiger partial charge in [-0.2, -0.15) is 0 Å². The predicted octanol–water partition coefficient (Wildman–Crippen LogP) is 2.17. The fourth-order valence-corrected chi connectivity index (χ4v) is 1.98. The van der Waals surface area contributed by atoms with E-state index in [9.17, 15) is 14.7 Å². The van der Waals surface area contributed by atoms with Crippen molar-refractivity contribution in [2.75, 3.05) is 19.8 Å². The first kappa shape index (κ1) is 18.6. The minimum absolute atomic E-state index is 0.0776. The first-order valence-corrected chi connectivity index (χ1v) is 7.62. The third-order valence-corrected chi connectivity index (χ3v) is 2.99. The van der Waals surface area contributed by atoms with Gasteiger partial charge in [0.15, 0.2) is 11.5 Å². The van der Waals surface area contributed by atoms with Gasteiger partial charge < -0.3 is 25.0 Å². The van der Waals surface area contributed by atoms with Crippen LogP contribution < -0.4 is 14.8 Å². The number of phenols is 1. The molecule has 0 aromatic heterocycles. The van der Waals surface area contributed by atoms with Crippen LogP contribution in [0.25, 0.3) is 0 Å². The van der Waals surface area contributed by atoms with Crippen LogP contribution in [0.4, 0.5) is 0 Å². The zero-order valence-corrected chi connectivity index (χ0v) is 13.4. The lowest BCUT2D eigenvalue weighted by Gasteiger charge is -2.14. The molecular formula is C16H23NO6. The van der Waals surface area contributed by atoms with Crippen LogP contribution in [0.15, 0.2) is 12.1 Å². The zero-order valence-electron chi connectivity index (χ0n) is 13.4. The monoisotopic (exact) mass is 325 g/mol. The Morgan fingerprint density at radius 3 is 2.43 bits per heavy atom. The minimum atomic E-state index is -0.853. The van der Waals surface area contributed by atoms with E-state index >= 15 is 0 Å². The average Bonchev–Trinajstić information content (AvgIpc) is 2.49. The van der Waals surface area contributed by atoms with Gasteiger partial charge >= 0.3 is 5.97 Å². The van der Waals surface area contributed by atoms with Crippen LogP contribution in [0.2, 0.25) is 0 Å². The lowest BCUT2D eigenvalue weighted by atomic mass is 10.1. The number of benzene rings is 1. The lowest BCUT2D eigenvalue weighted by molar-refractivity contribution is -0.137. The van der Waals surface area contributed by atoms with Crippen molar-refractivity contribution in [2.24, 2.45) is 0 Å². The van der Waals surface area contributed by atoms with Crippen molar-refractivity contribution < 1.29 is 29.3 Å². The van der Waals surface area contributed by atoms with Gasteiger partial charge in [-0.3, -0.25) is 9.59 Å². The highest BCUT2D eigenvalue weighted by molar-refractivity contribution is 5.95. The molecule has 0 aliphatic rings. The number of carboxylic acids is 1. The number of ether oxygens (including phenoxy) is 2. The van der Waals surface area contributed by atoms with Gasteiger partial charge in [-0.1, -0.05) is 0 Å². The number of carbonyl (C=O) groups excluding carboxylic acids is 1. The number of nitrogens with one attached hydrogen (secondary N) is 1. The summed E-state index contributed by atoms with van der Waals surface area (Å²) in [5, 5.41) is 21.2. The first-order valence-electron chi connectivity index (χ1n) is 7.62. The summed E-state index contributed by atoms with van der Waals surface area (Å²) >= 11 is 0. The molecule has 1 aromatic rings. The van der Waals surface area contributed by atoms with Gasteiger partial charge in [0.25, 0.3) is 5.91 Å². The minimum Gasteiger partial charge on any atom is -0.504 e. The van der Waals surface area contributed by atoms with Crippen molar-refractivity contribution in [3.63, 3.8) is 0 Å². The number of amides is 1. The molecule has 0 unspecified atom stereocenters. The fourth-order valence-electron chi connectivity index (χ4n) is 1.98. The number of aromatic hydroxyl groups is 1. The third-order valence-electron chi connectivity index (χ3n) is 2.99. The summed E-state index contributed by atoms with van der Waals surface area (Å²) < 4.78 is 10.7. The zero-order chi connectivity index (χ0) is 17.2. The number of aliphatic carboxylic acids is 1. The number of phenolic OH excluding ortho intramolecular Hbond substituents is 1. The third kappa shape index (κ3) is 6.06. The molecule has 1 amide bonds. The fraction of sp³-hybridized carbons (Fsp3) is 0.500. The van der Waals surface area contributed by atoms with Gasteiger partial charge in [0.05, 0.1) is 13.2 Å². The molecule has 7 heteroatoms. The summed E-state index contributed by atoms with van der Waals surface area (Å²) in [6.45, 7) is 4.68. The van der Waals surface area contributed by atoms with Gasteiger partial charge in [-0.15, -0.1) is 0 Å². The number of carbonyl (C=O) groups is 2. The van der Waals surface area contributed by atoms with E-state index in [1.807, 2.05) is 0 Å². The number of carboxylic acid groups (broad SMARTS) is 1. The van der Waals surface area contributed by atoms with E-state index in [0.717, 1.165) is 0 Å². The molecule has 1 rings (SSSR count). The molecule has 0 bridgehead atoms. The lowest BCUT2D eigenvalue weighted by Crippen LogP contribution is -2.24. The van der Waals surface area contributed by atoms with E-state index < -0.39 is 5.97 Å². The van der Waals surface area contributed by atoms with Crippen molar-refractivity contribution in [1.29, 1.82) is 0 Å². The Morgan fingerprint density at radius 2 is 1.83 bits per heavy atom. The van der Waals surface area contributed by atoms with E-state index in [0.29, 0.717) is 38.3 Å². The van der Waals surface area contributed by atoms with Crippen LogP contribution in [-0.2, 0) is 4.79 Å². The highest BCUT2D eigenvalue weighted by Crippen LogP contribution is 2.38. The largest absolute Gasteiger partial charge is 0.504 e. The van der Waals surface area contributed by atoms with Gasteiger partial charge in [0.1, 0.15) is 0 Å². The molecule has 128 valence electrons. The molecule has 3 N–H and O–H groups in total. The average molecular weight is 325 g/mol. The summed E-state index contributed by atoms with van der Waals surface area (Å²) in [7, 11) is 0. The van der Waals surface area contributed by atoms with Gasteiger partial charge in [0, 0.05) is 18.5 Å². The summed E-state index contributed by atoms with van der Waals surface area (Å²) in [5.41, 5.74) is 0.257. The molecule has 0 saturated heterocycles. The standard InChI is InChI=1S/C16H23NO6/c1-3-22-13-10-11(9-12(18)15(13)23-4-2)16(21)17-8-6-5-7-14(19)20/h9-10,18H,3-8H2,1-2H3,(H,17,21)(H,19,20). The molecule has 23 heavy (non-hydrogen) atoms. The van der Waals surface area contributed by atoms with Gasteiger partial charge in [-0.25, -0.2) is 0 Å². The molecule has 0 fully saturated rings. The van der Waals surface area contributed by atoms with Gasteiger partial charge in [0.2, 0.25) is 5.75 Å². The highest BCUT2D eigenvalue weighted by Gasteiger charge is 2.16. The second-order valence-electron chi connectivity index (χ2n) is 4.80. The summed E-state index contributed by atoms with van der Waals surface area (Å²) in [4.78, 5) is 22.5. The number of hydrogen-bond donors (Lipinski definition) is 3. The van der Waals surface area contributed by atoms with Crippen LogP contribution in [0.3, 0.4) is 0 Å². The second-order valence-corrected chi connectivity index (χ2v) is 4.80. The van der Waals surface area contributed by atoms with Crippen LogP contribution in [-0.4, -0.2) is 41.8 Å². The molecule has 1 aromatic carbocycles. The normalized spacial score (nSPS) is 10.2. The first-order chi connectivity index (χ1) is 11.0. The molecule has 0 aliphatic carbocycles. The van der Waals surface area contributed by atoms with Crippen molar-refractivity contribution in [1.82, 2.24) is 5.32 Å². The number of unbranched alkanes of at least 4 members (excludes halogenated alkanes) is 1. The molecular weight excluding hydrogens is 302 g/mol. The van der Waals surface area contributed by atoms with Crippen LogP contribution in [0.1, 0.15) is 43.5 Å². The van der Waals surface area contributed by atoms with Crippen LogP contribution >= 0.6 is 0 Å². The van der Waals surface area contributed by atoms with E-state index in [1.165, 1.54) is 12.1 Å². The Bertz CT molecular complexity index is 544. The van der Waals surface area contributed by atoms with Crippen molar-refractivity contribution >= 4 is 11.9 Å². The SMILES string of the molecule is CCOc1cc(C(=O)NCCCCC(=O)O)cc(O)c1OCC. The van der Waals surface area contributed by atoms with Gasteiger partial charge in [-0.05, 0) is 38.8 Å². The smallest absolute Gasteiger partial charge is 0.303 e. The quantitative estimate of drug-likeness (QED) is 0.569. The summed E-state index contributed by atoms with van der Waals surface area (Å²) in [6, 6.07) is 2.83. The topological polar surface area (TPSA) is 105 Å². The van der Waals surface area contributed by atoms with E-state index in [2.05, 4.69) is 5.32 Å². The molecule has 0 aliphatic heterocycles. The molecule has 0 atom stereocenters. The molecule has 0 spiro atoms. The summed E-state index contributed by atoms with van der Waals surface area (Å²) in [5.74, 6) is -0.847. The van der Waals surface area contributed by atoms with Crippen LogP contribution in [0.5, 0.6) is 17.2 Å². The Kier molecular flexibility index (Phi) is 7.73. The van der Waals surface area contributed by atoms with Crippen molar-refractivity contribution in [3.05, 3.63) is 17.7 Å². The maximum Gasteiger partial charge on any atom is 0.303 e. The van der Waals surface area contributed by atoms with E-state index in [-0.39, 0.29) is 29.4 Å². The number of rotatable bonds is 10.